The molecule has 0 aromatic carbocycles. The molecule has 1 aliphatic heterocycles. The van der Waals surface area contributed by atoms with Gasteiger partial charge < -0.3 is 20.5 Å². The summed E-state index contributed by atoms with van der Waals surface area (Å²) in [4.78, 5) is 22.6. The Bertz CT molecular complexity index is 820. The number of carbonyl (C=O) groups is 1. The van der Waals surface area contributed by atoms with Gasteiger partial charge in [-0.2, -0.15) is 0 Å². The van der Waals surface area contributed by atoms with E-state index in [2.05, 4.69) is 15.6 Å². The summed E-state index contributed by atoms with van der Waals surface area (Å²) < 4.78 is 5.43. The fourth-order valence-electron chi connectivity index (χ4n) is 6.78. The first kappa shape index (κ1) is 19.0. The average Bonchev–Trinajstić information content (AvgIpc) is 3.55. The molecule has 4 bridgehead atoms. The molecule has 30 heavy (non-hydrogen) atoms. The van der Waals surface area contributed by atoms with Crippen LogP contribution >= 0.6 is 0 Å². The van der Waals surface area contributed by atoms with E-state index in [1.165, 1.54) is 0 Å². The van der Waals surface area contributed by atoms with Crippen molar-refractivity contribution >= 4 is 11.9 Å². The minimum Gasteiger partial charge on any atom is -0.390 e. The molecule has 7 rings (SSSR count). The van der Waals surface area contributed by atoms with Gasteiger partial charge in [-0.05, 0) is 75.5 Å². The maximum atomic E-state index is 13.3. The second kappa shape index (κ2) is 7.16. The van der Waals surface area contributed by atoms with Crippen molar-refractivity contribution in [2.24, 2.45) is 17.8 Å². The number of hydrogen-bond donors (Lipinski definition) is 3. The predicted molar refractivity (Wildman–Crippen MR) is 111 cm³/mol. The molecule has 7 nitrogen and oxygen atoms in total. The number of aromatic nitrogens is 2. The van der Waals surface area contributed by atoms with Gasteiger partial charge in [0.2, 0.25) is 5.95 Å². The Morgan fingerprint density at radius 2 is 1.83 bits per heavy atom. The van der Waals surface area contributed by atoms with Gasteiger partial charge in [0.05, 0.1) is 16.9 Å². The van der Waals surface area contributed by atoms with Crippen molar-refractivity contribution in [2.45, 2.75) is 81.4 Å². The average molecular weight is 413 g/mol. The quantitative estimate of drug-likeness (QED) is 0.688. The maximum absolute atomic E-state index is 13.3. The van der Waals surface area contributed by atoms with E-state index < -0.39 is 5.60 Å². The third kappa shape index (κ3) is 3.50. The first-order chi connectivity index (χ1) is 14.6. The van der Waals surface area contributed by atoms with Crippen molar-refractivity contribution in [3.8, 4) is 0 Å². The lowest BCUT2D eigenvalue weighted by molar-refractivity contribution is -0.136. The fourth-order valence-corrected chi connectivity index (χ4v) is 6.78. The molecule has 3 N–H and O–H groups in total. The van der Waals surface area contributed by atoms with Gasteiger partial charge in [0.15, 0.2) is 0 Å². The van der Waals surface area contributed by atoms with Gasteiger partial charge >= 0.3 is 0 Å². The molecule has 1 amide bonds. The van der Waals surface area contributed by atoms with Crippen LogP contribution < -0.4 is 10.6 Å². The lowest BCUT2D eigenvalue weighted by Crippen LogP contribution is -2.61. The molecule has 162 valence electrons. The first-order valence-corrected chi connectivity index (χ1v) is 11.8. The zero-order valence-electron chi connectivity index (χ0n) is 17.5. The van der Waals surface area contributed by atoms with Gasteiger partial charge in [0.1, 0.15) is 0 Å². The van der Waals surface area contributed by atoms with E-state index in [0.29, 0.717) is 41.2 Å². The zero-order valence-corrected chi connectivity index (χ0v) is 17.5. The highest BCUT2D eigenvalue weighted by molar-refractivity contribution is 5.95. The number of aliphatic hydroxyl groups is 1. The van der Waals surface area contributed by atoms with Crippen LogP contribution in [0.4, 0.5) is 5.95 Å². The largest absolute Gasteiger partial charge is 0.390 e. The Kier molecular flexibility index (Phi) is 4.53. The van der Waals surface area contributed by atoms with Gasteiger partial charge in [-0.15, -0.1) is 0 Å². The fraction of sp³-hybridized carbons (Fsp3) is 0.783. The maximum Gasteiger partial charge on any atom is 0.254 e. The number of nitrogens with one attached hydrogen (secondary N) is 2. The normalized spacial score (nSPS) is 37.9. The van der Waals surface area contributed by atoms with Crippen LogP contribution in [0.15, 0.2) is 6.20 Å². The second-order valence-corrected chi connectivity index (χ2v) is 10.5. The minimum atomic E-state index is -0.475. The van der Waals surface area contributed by atoms with Crippen LogP contribution in [0.1, 0.15) is 79.8 Å². The van der Waals surface area contributed by atoms with Gasteiger partial charge in [-0.25, -0.2) is 9.97 Å². The molecule has 2 heterocycles. The number of hydrogen-bond acceptors (Lipinski definition) is 6. The third-order valence-corrected chi connectivity index (χ3v) is 8.12. The lowest BCUT2D eigenvalue weighted by Gasteiger charge is -2.58. The SMILES string of the molecule is O=C(NC1[C@@H]2CC3C[C@H]1CC(O)(C3)C2)c1cnc(NC2CCOCC2)nc1C1CC1. The van der Waals surface area contributed by atoms with Crippen LogP contribution in [-0.4, -0.2) is 51.9 Å². The van der Waals surface area contributed by atoms with E-state index in [1.54, 1.807) is 6.20 Å². The Hall–Kier alpha value is -1.73. The molecule has 5 aliphatic carbocycles. The Morgan fingerprint density at radius 1 is 1.10 bits per heavy atom. The molecule has 7 heteroatoms. The summed E-state index contributed by atoms with van der Waals surface area (Å²) in [5.74, 6) is 2.44. The van der Waals surface area contributed by atoms with Crippen molar-refractivity contribution in [3.05, 3.63) is 17.5 Å². The summed E-state index contributed by atoms with van der Waals surface area (Å²) in [6.07, 6.45) is 10.8. The Labute approximate surface area is 177 Å². The zero-order chi connectivity index (χ0) is 20.3. The number of carbonyl (C=O) groups excluding carboxylic acids is 1. The molecule has 3 unspecified atom stereocenters. The molecule has 1 aromatic rings. The van der Waals surface area contributed by atoms with Crippen LogP contribution in [0.2, 0.25) is 0 Å². The molecule has 6 aliphatic rings. The van der Waals surface area contributed by atoms with Crippen LogP contribution in [0.3, 0.4) is 0 Å². The van der Waals surface area contributed by atoms with E-state index in [9.17, 15) is 9.90 Å². The second-order valence-electron chi connectivity index (χ2n) is 10.5. The highest BCUT2D eigenvalue weighted by Gasteiger charge is 2.55. The number of ether oxygens (including phenoxy) is 1. The molecule has 5 atom stereocenters. The molecular weight excluding hydrogens is 380 g/mol. The van der Waals surface area contributed by atoms with Crippen molar-refractivity contribution in [2.75, 3.05) is 18.5 Å². The molecule has 0 spiro atoms. The summed E-state index contributed by atoms with van der Waals surface area (Å²) in [5, 5.41) is 17.6. The molecule has 1 saturated heterocycles. The number of rotatable bonds is 5. The van der Waals surface area contributed by atoms with Gasteiger partial charge in [-0.1, -0.05) is 0 Å². The van der Waals surface area contributed by atoms with Crippen molar-refractivity contribution in [1.29, 1.82) is 0 Å². The summed E-state index contributed by atoms with van der Waals surface area (Å²) >= 11 is 0. The summed E-state index contributed by atoms with van der Waals surface area (Å²) in [6.45, 7) is 1.54. The smallest absolute Gasteiger partial charge is 0.254 e. The first-order valence-electron chi connectivity index (χ1n) is 11.8. The minimum absolute atomic E-state index is 0.0287. The molecule has 6 fully saturated rings. The number of anilines is 1. The summed E-state index contributed by atoms with van der Waals surface area (Å²) in [7, 11) is 0. The molecule has 5 saturated carbocycles. The van der Waals surface area contributed by atoms with Gasteiger partial charge in [0, 0.05) is 37.4 Å². The van der Waals surface area contributed by atoms with Crippen molar-refractivity contribution < 1.29 is 14.6 Å². The van der Waals surface area contributed by atoms with Crippen molar-refractivity contribution in [1.82, 2.24) is 15.3 Å². The predicted octanol–water partition coefficient (Wildman–Crippen LogP) is 2.61. The van der Waals surface area contributed by atoms with E-state index in [-0.39, 0.29) is 11.9 Å². The monoisotopic (exact) mass is 412 g/mol. The Morgan fingerprint density at radius 3 is 2.50 bits per heavy atom. The topological polar surface area (TPSA) is 96.4 Å². The summed E-state index contributed by atoms with van der Waals surface area (Å²) in [6, 6.07) is 0.519. The molecular formula is C23H32N4O3. The highest BCUT2D eigenvalue weighted by atomic mass is 16.5. The van der Waals surface area contributed by atoms with E-state index in [0.717, 1.165) is 76.7 Å². The lowest BCUT2D eigenvalue weighted by atomic mass is 9.52. The van der Waals surface area contributed by atoms with Crippen LogP contribution in [-0.2, 0) is 4.74 Å². The van der Waals surface area contributed by atoms with E-state index in [4.69, 9.17) is 9.72 Å². The van der Waals surface area contributed by atoms with E-state index >= 15 is 0 Å². The number of nitrogens with zero attached hydrogens (tertiary/aromatic N) is 2. The highest BCUT2D eigenvalue weighted by Crippen LogP contribution is 2.55. The molecule has 0 radical (unpaired) electrons. The molecule has 1 aromatic heterocycles. The van der Waals surface area contributed by atoms with E-state index in [1.807, 2.05) is 0 Å². The van der Waals surface area contributed by atoms with Crippen LogP contribution in [0, 0.1) is 17.8 Å². The standard InChI is InChI=1S/C23H32N4O3/c28-21(26-19-15-7-13-8-16(19)11-23(29,9-13)10-15)18-12-24-22(27-20(18)14-1-2-14)25-17-3-5-30-6-4-17/h12-17,19,29H,1-11H2,(H,26,28)(H,24,25,27)/t13?,15-,16+,19?,23?. The van der Waals surface area contributed by atoms with Crippen LogP contribution in [0.25, 0.3) is 0 Å². The van der Waals surface area contributed by atoms with Crippen molar-refractivity contribution in [3.63, 3.8) is 0 Å². The van der Waals surface area contributed by atoms with Crippen LogP contribution in [0.5, 0.6) is 0 Å². The van der Waals surface area contributed by atoms with Gasteiger partial charge in [0.25, 0.3) is 5.91 Å². The summed E-state index contributed by atoms with van der Waals surface area (Å²) in [5.41, 5.74) is 1.07. The Balaban J connectivity index is 1.19. The van der Waals surface area contributed by atoms with Gasteiger partial charge in [-0.3, -0.25) is 4.79 Å². The number of amides is 1. The third-order valence-electron chi connectivity index (χ3n) is 8.12.